The molecule has 0 saturated heterocycles. The maximum atomic E-state index is 10.0. The van der Waals surface area contributed by atoms with Crippen molar-refractivity contribution in [2.24, 2.45) is 0 Å². The van der Waals surface area contributed by atoms with E-state index in [0.717, 1.165) is 14.9 Å². The van der Waals surface area contributed by atoms with Crippen LogP contribution in [0.4, 0.5) is 0 Å². The summed E-state index contributed by atoms with van der Waals surface area (Å²) in [5.74, 6) is 0. The number of aliphatic hydroxyl groups is 1. The molecule has 1 N–H and O–H groups in total. The molecule has 0 aliphatic heterocycles. The zero-order valence-electron chi connectivity index (χ0n) is 8.36. The molecular weight excluding hydrogens is 308 g/mol. The van der Waals surface area contributed by atoms with Gasteiger partial charge < -0.3 is 5.11 Å². The Labute approximate surface area is 112 Å². The predicted octanol–water partition coefficient (Wildman–Crippen LogP) is 4.44. The Hall–Kier alpha value is -0.350. The number of thiophene rings is 1. The van der Waals surface area contributed by atoms with E-state index in [1.807, 2.05) is 35.7 Å². The van der Waals surface area contributed by atoms with E-state index in [0.29, 0.717) is 11.4 Å². The molecule has 0 fully saturated rings. The fourth-order valence-electron chi connectivity index (χ4n) is 1.50. The first-order valence-corrected chi connectivity index (χ1v) is 6.86. The highest BCUT2D eigenvalue weighted by Gasteiger charge is 2.10. The maximum Gasteiger partial charge on any atom is 0.0838 e. The predicted molar refractivity (Wildman–Crippen MR) is 72.1 cm³/mol. The summed E-state index contributed by atoms with van der Waals surface area (Å²) in [7, 11) is 0. The summed E-state index contributed by atoms with van der Waals surface area (Å²) in [6.45, 7) is 0. The topological polar surface area (TPSA) is 20.2 Å². The molecule has 1 atom stereocenters. The molecule has 0 spiro atoms. The molecule has 1 nitrogen and oxygen atoms in total. The van der Waals surface area contributed by atoms with Crippen molar-refractivity contribution in [1.82, 2.24) is 0 Å². The summed E-state index contributed by atoms with van der Waals surface area (Å²) < 4.78 is 1.03. The zero-order valence-corrected chi connectivity index (χ0v) is 11.5. The molecule has 0 saturated carbocycles. The molecule has 1 heterocycles. The van der Waals surface area contributed by atoms with Gasteiger partial charge in [0.05, 0.1) is 9.89 Å². The largest absolute Gasteiger partial charge is 0.388 e. The van der Waals surface area contributed by atoms with Gasteiger partial charge in [-0.05, 0) is 50.6 Å². The maximum absolute atomic E-state index is 10.0. The van der Waals surface area contributed by atoms with Crippen LogP contribution in [-0.2, 0) is 6.42 Å². The summed E-state index contributed by atoms with van der Waals surface area (Å²) in [6.07, 6.45) is 0.116. The van der Waals surface area contributed by atoms with Gasteiger partial charge in [0.1, 0.15) is 0 Å². The van der Waals surface area contributed by atoms with Crippen molar-refractivity contribution < 1.29 is 5.11 Å². The Morgan fingerprint density at radius 3 is 2.81 bits per heavy atom. The second-order valence-corrected chi connectivity index (χ2v) is 6.26. The molecule has 0 bridgehead atoms. The van der Waals surface area contributed by atoms with Crippen molar-refractivity contribution >= 4 is 38.9 Å². The van der Waals surface area contributed by atoms with Crippen LogP contribution in [0.1, 0.15) is 17.2 Å². The van der Waals surface area contributed by atoms with Gasteiger partial charge in [-0.15, -0.1) is 11.3 Å². The molecule has 16 heavy (non-hydrogen) atoms. The summed E-state index contributed by atoms with van der Waals surface area (Å²) in [5.41, 5.74) is 1.99. The Morgan fingerprint density at radius 2 is 2.19 bits per heavy atom. The molecule has 2 rings (SSSR count). The average molecular weight is 318 g/mol. The SMILES string of the molecule is OC(Cc1cccc(Cl)c1)c1csc(Br)c1. The van der Waals surface area contributed by atoms with E-state index < -0.39 is 6.10 Å². The summed E-state index contributed by atoms with van der Waals surface area (Å²) in [5, 5.41) is 12.7. The molecule has 0 aliphatic carbocycles. The van der Waals surface area contributed by atoms with Crippen LogP contribution < -0.4 is 0 Å². The van der Waals surface area contributed by atoms with Crippen LogP contribution in [0.5, 0.6) is 0 Å². The molecule has 4 heteroatoms. The lowest BCUT2D eigenvalue weighted by Crippen LogP contribution is -2.00. The van der Waals surface area contributed by atoms with Gasteiger partial charge in [0.15, 0.2) is 0 Å². The summed E-state index contributed by atoms with van der Waals surface area (Å²) in [6, 6.07) is 9.52. The lowest BCUT2D eigenvalue weighted by atomic mass is 10.0. The quantitative estimate of drug-likeness (QED) is 0.887. The third-order valence-corrected chi connectivity index (χ3v) is 4.05. The number of hydrogen-bond donors (Lipinski definition) is 1. The Morgan fingerprint density at radius 1 is 1.38 bits per heavy atom. The van der Waals surface area contributed by atoms with Gasteiger partial charge in [-0.1, -0.05) is 23.7 Å². The number of halogens is 2. The molecule has 0 amide bonds. The Kier molecular flexibility index (Phi) is 4.03. The van der Waals surface area contributed by atoms with Crippen molar-refractivity contribution in [3.63, 3.8) is 0 Å². The molecule has 2 aromatic rings. The normalized spacial score (nSPS) is 12.7. The van der Waals surface area contributed by atoms with Crippen LogP contribution >= 0.6 is 38.9 Å². The second kappa shape index (κ2) is 5.32. The lowest BCUT2D eigenvalue weighted by Gasteiger charge is -2.08. The monoisotopic (exact) mass is 316 g/mol. The number of rotatable bonds is 3. The Balaban J connectivity index is 2.10. The number of aliphatic hydroxyl groups excluding tert-OH is 1. The number of hydrogen-bond acceptors (Lipinski definition) is 2. The fourth-order valence-corrected chi connectivity index (χ4v) is 2.94. The van der Waals surface area contributed by atoms with Crippen LogP contribution in [0.3, 0.4) is 0 Å². The van der Waals surface area contributed by atoms with Crippen LogP contribution in [0.2, 0.25) is 5.02 Å². The van der Waals surface area contributed by atoms with Gasteiger partial charge in [-0.3, -0.25) is 0 Å². The third kappa shape index (κ3) is 3.08. The van der Waals surface area contributed by atoms with Gasteiger partial charge in [0, 0.05) is 11.4 Å². The summed E-state index contributed by atoms with van der Waals surface area (Å²) >= 11 is 10.9. The van der Waals surface area contributed by atoms with Crippen molar-refractivity contribution in [2.75, 3.05) is 0 Å². The lowest BCUT2D eigenvalue weighted by molar-refractivity contribution is 0.179. The second-order valence-electron chi connectivity index (χ2n) is 3.53. The molecule has 0 radical (unpaired) electrons. The summed E-state index contributed by atoms with van der Waals surface area (Å²) in [4.78, 5) is 0. The third-order valence-electron chi connectivity index (χ3n) is 2.29. The van der Waals surface area contributed by atoms with Crippen LogP contribution in [-0.4, -0.2) is 5.11 Å². The van der Waals surface area contributed by atoms with E-state index in [-0.39, 0.29) is 0 Å². The first-order valence-electron chi connectivity index (χ1n) is 4.81. The first-order chi connectivity index (χ1) is 7.65. The zero-order chi connectivity index (χ0) is 11.5. The highest BCUT2D eigenvalue weighted by atomic mass is 79.9. The van der Waals surface area contributed by atoms with E-state index in [1.54, 1.807) is 11.3 Å². The highest BCUT2D eigenvalue weighted by molar-refractivity contribution is 9.11. The van der Waals surface area contributed by atoms with Crippen molar-refractivity contribution in [2.45, 2.75) is 12.5 Å². The van der Waals surface area contributed by atoms with Gasteiger partial charge in [0.2, 0.25) is 0 Å². The van der Waals surface area contributed by atoms with E-state index in [9.17, 15) is 5.11 Å². The standard InChI is InChI=1S/C12H10BrClOS/c13-12-6-9(7-16-12)11(15)5-8-2-1-3-10(14)4-8/h1-4,6-7,11,15H,5H2. The van der Waals surface area contributed by atoms with Crippen LogP contribution in [0.25, 0.3) is 0 Å². The van der Waals surface area contributed by atoms with E-state index in [2.05, 4.69) is 15.9 Å². The van der Waals surface area contributed by atoms with Gasteiger partial charge in [-0.2, -0.15) is 0 Å². The Bertz CT molecular complexity index is 483. The average Bonchev–Trinajstić information content (AvgIpc) is 2.65. The van der Waals surface area contributed by atoms with Crippen LogP contribution in [0, 0.1) is 0 Å². The van der Waals surface area contributed by atoms with Crippen molar-refractivity contribution in [3.8, 4) is 0 Å². The molecule has 1 unspecified atom stereocenters. The van der Waals surface area contributed by atoms with Gasteiger partial charge in [0.25, 0.3) is 0 Å². The fraction of sp³-hybridized carbons (Fsp3) is 0.167. The van der Waals surface area contributed by atoms with Crippen molar-refractivity contribution in [1.29, 1.82) is 0 Å². The van der Waals surface area contributed by atoms with Gasteiger partial charge in [-0.25, -0.2) is 0 Å². The molecule has 1 aromatic carbocycles. The minimum Gasteiger partial charge on any atom is -0.388 e. The number of benzene rings is 1. The molecule has 1 aromatic heterocycles. The molecule has 0 aliphatic rings. The minimum absolute atomic E-state index is 0.471. The van der Waals surface area contributed by atoms with Crippen LogP contribution in [0.15, 0.2) is 39.5 Å². The molecule has 84 valence electrons. The molecular formula is C12H10BrClOS. The van der Waals surface area contributed by atoms with E-state index in [1.165, 1.54) is 0 Å². The van der Waals surface area contributed by atoms with Crippen molar-refractivity contribution in [3.05, 3.63) is 55.6 Å². The van der Waals surface area contributed by atoms with E-state index in [4.69, 9.17) is 11.6 Å². The van der Waals surface area contributed by atoms with E-state index >= 15 is 0 Å². The first kappa shape index (κ1) is 12.1. The highest BCUT2D eigenvalue weighted by Crippen LogP contribution is 2.27. The van der Waals surface area contributed by atoms with Gasteiger partial charge >= 0.3 is 0 Å². The smallest absolute Gasteiger partial charge is 0.0838 e. The minimum atomic E-state index is -0.471.